The van der Waals surface area contributed by atoms with Gasteiger partial charge in [0.1, 0.15) is 0 Å². The Labute approximate surface area is 145 Å². The largest absolute Gasteiger partial charge is 0.493 e. The molecule has 3 fully saturated rings. The van der Waals surface area contributed by atoms with Crippen molar-refractivity contribution in [3.63, 3.8) is 0 Å². The number of nitrogens with two attached hydrogens (primary N) is 1. The van der Waals surface area contributed by atoms with Gasteiger partial charge in [0.2, 0.25) is 0 Å². The van der Waals surface area contributed by atoms with Gasteiger partial charge in [0.15, 0.2) is 11.5 Å². The van der Waals surface area contributed by atoms with E-state index in [0.717, 1.165) is 30.3 Å². The molecule has 0 radical (unpaired) electrons. The molecular weight excluding hydrogens is 300 g/mol. The van der Waals surface area contributed by atoms with Crippen LogP contribution in [0.3, 0.4) is 0 Å². The Bertz CT molecular complexity index is 601. The molecule has 1 aromatic rings. The lowest BCUT2D eigenvalue weighted by Crippen LogP contribution is -2.50. The number of fused-ring (bicyclic) bond motifs is 1. The second-order valence-electron chi connectivity index (χ2n) is 7.96. The zero-order valence-electron chi connectivity index (χ0n) is 15.0. The summed E-state index contributed by atoms with van der Waals surface area (Å²) in [5, 5.41) is 0. The summed E-state index contributed by atoms with van der Waals surface area (Å²) in [5.41, 5.74) is 8.02. The number of benzene rings is 1. The lowest BCUT2D eigenvalue weighted by Gasteiger charge is -2.44. The molecule has 1 aliphatic heterocycles. The fourth-order valence-electron chi connectivity index (χ4n) is 5.01. The molecule has 24 heavy (non-hydrogen) atoms. The second kappa shape index (κ2) is 6.23. The topological polar surface area (TPSA) is 47.7 Å². The summed E-state index contributed by atoms with van der Waals surface area (Å²) < 4.78 is 11.0. The molecule has 1 aromatic carbocycles. The number of hydrogen-bond donors (Lipinski definition) is 1. The predicted molar refractivity (Wildman–Crippen MR) is 95.8 cm³/mol. The van der Waals surface area contributed by atoms with Crippen molar-refractivity contribution in [2.45, 2.75) is 56.0 Å². The number of rotatable bonds is 5. The zero-order chi connectivity index (χ0) is 16.7. The fourth-order valence-corrected chi connectivity index (χ4v) is 5.01. The second-order valence-corrected chi connectivity index (χ2v) is 7.96. The number of likely N-dealkylation sites (tertiary alicyclic amines) is 1. The van der Waals surface area contributed by atoms with Crippen LogP contribution in [0.15, 0.2) is 18.2 Å². The van der Waals surface area contributed by atoms with Crippen LogP contribution in [0, 0.1) is 5.92 Å². The zero-order valence-corrected chi connectivity index (χ0v) is 15.0. The number of ether oxygens (including phenoxy) is 2. The Morgan fingerprint density at radius 3 is 2.62 bits per heavy atom. The molecule has 0 amide bonds. The maximum atomic E-state index is 6.37. The minimum atomic E-state index is 0.240. The standard InChI is InChI=1S/C20H30N2O2/c1-23-17-6-5-15(11-18(17)24-2)20-8-7-16(21)12-19(20)22(10-9-20)13-14-3-4-14/h5-6,11,14,16,19H,3-4,7-10,12-13,21H2,1-2H3/t16?,19-,20?/m0/s1. The summed E-state index contributed by atoms with van der Waals surface area (Å²) in [7, 11) is 3.42. The van der Waals surface area contributed by atoms with Gasteiger partial charge < -0.3 is 15.2 Å². The van der Waals surface area contributed by atoms with Gasteiger partial charge in [0.25, 0.3) is 0 Å². The molecule has 2 unspecified atom stereocenters. The summed E-state index contributed by atoms with van der Waals surface area (Å²) >= 11 is 0. The van der Waals surface area contributed by atoms with Gasteiger partial charge in [0.05, 0.1) is 14.2 Å². The average Bonchev–Trinajstić information content (AvgIpc) is 3.36. The molecule has 132 valence electrons. The van der Waals surface area contributed by atoms with Crippen LogP contribution in [0.2, 0.25) is 0 Å². The van der Waals surface area contributed by atoms with Crippen molar-refractivity contribution in [1.82, 2.24) is 4.90 Å². The number of nitrogens with zero attached hydrogens (tertiary/aromatic N) is 1. The first kappa shape index (κ1) is 16.2. The molecule has 2 N–H and O–H groups in total. The Hall–Kier alpha value is -1.26. The van der Waals surface area contributed by atoms with E-state index < -0.39 is 0 Å². The Morgan fingerprint density at radius 2 is 1.92 bits per heavy atom. The number of methoxy groups -OCH3 is 2. The van der Waals surface area contributed by atoms with Crippen LogP contribution in [-0.4, -0.2) is 44.3 Å². The molecule has 3 atom stereocenters. The monoisotopic (exact) mass is 330 g/mol. The summed E-state index contributed by atoms with van der Waals surface area (Å²) in [6, 6.07) is 7.47. The number of hydrogen-bond acceptors (Lipinski definition) is 4. The summed E-state index contributed by atoms with van der Waals surface area (Å²) in [4.78, 5) is 2.74. The molecule has 2 saturated carbocycles. The van der Waals surface area contributed by atoms with Crippen LogP contribution in [0.25, 0.3) is 0 Å². The maximum absolute atomic E-state index is 6.37. The smallest absolute Gasteiger partial charge is 0.161 e. The van der Waals surface area contributed by atoms with Crippen LogP contribution in [0.4, 0.5) is 0 Å². The van der Waals surface area contributed by atoms with Crippen molar-refractivity contribution in [3.05, 3.63) is 23.8 Å². The van der Waals surface area contributed by atoms with Crippen molar-refractivity contribution >= 4 is 0 Å². The molecule has 0 aromatic heterocycles. The summed E-state index contributed by atoms with van der Waals surface area (Å²) in [6.45, 7) is 2.48. The van der Waals surface area contributed by atoms with Crippen LogP contribution < -0.4 is 15.2 Å². The van der Waals surface area contributed by atoms with Gasteiger partial charge in [0, 0.05) is 24.0 Å². The highest BCUT2D eigenvalue weighted by Gasteiger charge is 2.51. The van der Waals surface area contributed by atoms with Crippen molar-refractivity contribution < 1.29 is 9.47 Å². The Balaban J connectivity index is 1.68. The lowest BCUT2D eigenvalue weighted by molar-refractivity contribution is 0.140. The van der Waals surface area contributed by atoms with Gasteiger partial charge >= 0.3 is 0 Å². The summed E-state index contributed by atoms with van der Waals surface area (Å²) in [6.07, 6.45) is 7.52. The van der Waals surface area contributed by atoms with E-state index in [1.54, 1.807) is 14.2 Å². The molecule has 3 aliphatic rings. The van der Waals surface area contributed by atoms with E-state index >= 15 is 0 Å². The normalized spacial score (nSPS) is 33.3. The van der Waals surface area contributed by atoms with Crippen LogP contribution in [0.5, 0.6) is 11.5 Å². The average molecular weight is 330 g/mol. The molecule has 1 heterocycles. The first-order chi connectivity index (χ1) is 11.7. The van der Waals surface area contributed by atoms with Crippen LogP contribution >= 0.6 is 0 Å². The van der Waals surface area contributed by atoms with E-state index in [4.69, 9.17) is 15.2 Å². The van der Waals surface area contributed by atoms with E-state index in [2.05, 4.69) is 23.1 Å². The van der Waals surface area contributed by atoms with Crippen LogP contribution in [-0.2, 0) is 5.41 Å². The van der Waals surface area contributed by atoms with E-state index in [-0.39, 0.29) is 5.41 Å². The summed E-state index contributed by atoms with van der Waals surface area (Å²) in [5.74, 6) is 2.59. The van der Waals surface area contributed by atoms with E-state index in [0.29, 0.717) is 12.1 Å². The highest BCUT2D eigenvalue weighted by Crippen LogP contribution is 2.50. The maximum Gasteiger partial charge on any atom is 0.161 e. The van der Waals surface area contributed by atoms with Crippen LogP contribution in [0.1, 0.15) is 44.1 Å². The van der Waals surface area contributed by atoms with E-state index in [1.807, 2.05) is 0 Å². The molecule has 0 spiro atoms. The van der Waals surface area contributed by atoms with Gasteiger partial charge in [-0.3, -0.25) is 4.90 Å². The Morgan fingerprint density at radius 1 is 1.12 bits per heavy atom. The molecule has 1 saturated heterocycles. The first-order valence-electron chi connectivity index (χ1n) is 9.38. The predicted octanol–water partition coefficient (Wildman–Crippen LogP) is 2.94. The quantitative estimate of drug-likeness (QED) is 0.902. The van der Waals surface area contributed by atoms with Crippen molar-refractivity contribution in [3.8, 4) is 11.5 Å². The first-order valence-corrected chi connectivity index (χ1v) is 9.38. The van der Waals surface area contributed by atoms with Gasteiger partial charge in [-0.05, 0) is 68.7 Å². The highest BCUT2D eigenvalue weighted by atomic mass is 16.5. The van der Waals surface area contributed by atoms with Crippen molar-refractivity contribution in [2.24, 2.45) is 11.7 Å². The Kier molecular flexibility index (Phi) is 4.21. The van der Waals surface area contributed by atoms with Crippen molar-refractivity contribution in [1.29, 1.82) is 0 Å². The van der Waals surface area contributed by atoms with Gasteiger partial charge in [-0.1, -0.05) is 6.07 Å². The minimum Gasteiger partial charge on any atom is -0.493 e. The van der Waals surface area contributed by atoms with Crippen molar-refractivity contribution in [2.75, 3.05) is 27.3 Å². The molecule has 2 aliphatic carbocycles. The SMILES string of the molecule is COc1ccc(C23CCC(N)C[C@@H]2N(CC2CC2)CC3)cc1OC. The highest BCUT2D eigenvalue weighted by molar-refractivity contribution is 5.46. The van der Waals surface area contributed by atoms with E-state index in [1.165, 1.54) is 44.3 Å². The fraction of sp³-hybridized carbons (Fsp3) is 0.700. The molecule has 4 heteroatoms. The lowest BCUT2D eigenvalue weighted by atomic mass is 9.65. The molecule has 4 rings (SSSR count). The third-order valence-electron chi connectivity index (χ3n) is 6.56. The minimum absolute atomic E-state index is 0.240. The molecule has 4 nitrogen and oxygen atoms in total. The third kappa shape index (κ3) is 2.70. The third-order valence-corrected chi connectivity index (χ3v) is 6.56. The molecular formula is C20H30N2O2. The van der Waals surface area contributed by atoms with E-state index in [9.17, 15) is 0 Å². The van der Waals surface area contributed by atoms with Gasteiger partial charge in [-0.2, -0.15) is 0 Å². The van der Waals surface area contributed by atoms with Gasteiger partial charge in [-0.15, -0.1) is 0 Å². The van der Waals surface area contributed by atoms with Gasteiger partial charge in [-0.25, -0.2) is 0 Å². The molecule has 0 bridgehead atoms.